The van der Waals surface area contributed by atoms with Crippen molar-refractivity contribution in [3.63, 3.8) is 0 Å². The molecule has 2 rings (SSSR count). The number of hydrogen-bond donors (Lipinski definition) is 0. The zero-order valence-electron chi connectivity index (χ0n) is 7.47. The molecule has 1 atom stereocenters. The summed E-state index contributed by atoms with van der Waals surface area (Å²) in [5.41, 5.74) is 0. The largest absolute Gasteiger partial charge is 0.249 e. The zero-order valence-corrected chi connectivity index (χ0v) is 9.04. The first kappa shape index (κ1) is 10.3. The van der Waals surface area contributed by atoms with Crippen LogP contribution in [0.1, 0.15) is 35.1 Å². The van der Waals surface area contributed by atoms with E-state index in [4.69, 9.17) is 11.6 Å². The molecule has 0 bridgehead atoms. The van der Waals surface area contributed by atoms with Gasteiger partial charge in [0, 0.05) is 29.8 Å². The van der Waals surface area contributed by atoms with Gasteiger partial charge in [-0.3, -0.25) is 0 Å². The quantitative estimate of drug-likeness (QED) is 0.714. The lowest BCUT2D eigenvalue weighted by Crippen LogP contribution is -2.08. The van der Waals surface area contributed by atoms with E-state index in [0.717, 1.165) is 9.88 Å². The predicted molar refractivity (Wildman–Crippen MR) is 53.2 cm³/mol. The predicted octanol–water partition coefficient (Wildman–Crippen LogP) is 3.78. The van der Waals surface area contributed by atoms with E-state index in [1.54, 1.807) is 6.20 Å². The van der Waals surface area contributed by atoms with E-state index in [1.807, 2.05) is 0 Å². The second-order valence-corrected chi connectivity index (χ2v) is 5.01. The highest BCUT2D eigenvalue weighted by Gasteiger charge is 2.41. The van der Waals surface area contributed by atoms with Crippen molar-refractivity contribution in [2.75, 3.05) is 0 Å². The van der Waals surface area contributed by atoms with E-state index < -0.39 is 5.92 Å². The topological polar surface area (TPSA) is 12.9 Å². The molecule has 1 nitrogen and oxygen atoms in total. The van der Waals surface area contributed by atoms with Gasteiger partial charge >= 0.3 is 0 Å². The van der Waals surface area contributed by atoms with E-state index in [2.05, 4.69) is 4.98 Å². The van der Waals surface area contributed by atoms with Crippen molar-refractivity contribution in [2.24, 2.45) is 0 Å². The summed E-state index contributed by atoms with van der Waals surface area (Å²) in [5.74, 6) is -2.13. The average molecular weight is 238 g/mol. The standard InChI is InChI=1S/C9H10ClF2NS/c10-4-7-5-13-8(14-7)6-1-2-9(11,12)3-6/h5-6H,1-4H2. The normalized spacial score (nSPS) is 25.5. The molecule has 0 amide bonds. The van der Waals surface area contributed by atoms with E-state index in [0.29, 0.717) is 12.3 Å². The minimum atomic E-state index is -2.49. The van der Waals surface area contributed by atoms with Gasteiger partial charge in [0.15, 0.2) is 0 Å². The summed E-state index contributed by atoms with van der Waals surface area (Å²) in [6.07, 6.45) is 2.17. The van der Waals surface area contributed by atoms with Gasteiger partial charge in [-0.25, -0.2) is 13.8 Å². The number of thiazole rings is 1. The fourth-order valence-corrected chi connectivity index (χ4v) is 2.87. The molecule has 0 aliphatic heterocycles. The van der Waals surface area contributed by atoms with Crippen LogP contribution in [0.25, 0.3) is 0 Å². The third-order valence-electron chi connectivity index (χ3n) is 2.46. The first-order valence-corrected chi connectivity index (χ1v) is 5.84. The highest BCUT2D eigenvalue weighted by atomic mass is 35.5. The zero-order chi connectivity index (χ0) is 10.2. The number of rotatable bonds is 2. The second-order valence-electron chi connectivity index (χ2n) is 3.59. The van der Waals surface area contributed by atoms with Gasteiger partial charge in [0.05, 0.1) is 10.9 Å². The molecule has 5 heteroatoms. The van der Waals surface area contributed by atoms with Gasteiger partial charge in [0.2, 0.25) is 5.92 Å². The molecular weight excluding hydrogens is 228 g/mol. The molecule has 0 N–H and O–H groups in total. The first-order valence-electron chi connectivity index (χ1n) is 4.49. The van der Waals surface area contributed by atoms with Crippen LogP contribution in [0.3, 0.4) is 0 Å². The molecule has 1 aliphatic rings. The molecule has 1 unspecified atom stereocenters. The molecule has 0 aromatic carbocycles. The molecule has 0 spiro atoms. The van der Waals surface area contributed by atoms with Gasteiger partial charge in [-0.15, -0.1) is 22.9 Å². The maximum atomic E-state index is 12.9. The molecule has 78 valence electrons. The van der Waals surface area contributed by atoms with Crippen LogP contribution in [-0.2, 0) is 5.88 Å². The summed E-state index contributed by atoms with van der Waals surface area (Å²) in [6.45, 7) is 0. The van der Waals surface area contributed by atoms with Gasteiger partial charge < -0.3 is 0 Å². The van der Waals surface area contributed by atoms with E-state index >= 15 is 0 Å². The number of nitrogens with zero attached hydrogens (tertiary/aromatic N) is 1. The smallest absolute Gasteiger partial charge is 0.248 e. The van der Waals surface area contributed by atoms with Crippen LogP contribution >= 0.6 is 22.9 Å². The fourth-order valence-electron chi connectivity index (χ4n) is 1.73. The minimum Gasteiger partial charge on any atom is -0.249 e. The molecule has 1 saturated carbocycles. The summed E-state index contributed by atoms with van der Waals surface area (Å²) >= 11 is 7.08. The van der Waals surface area contributed by atoms with Crippen LogP contribution in [0.4, 0.5) is 8.78 Å². The Morgan fingerprint density at radius 3 is 2.93 bits per heavy atom. The van der Waals surface area contributed by atoms with Crippen molar-refractivity contribution < 1.29 is 8.78 Å². The molecule has 1 aromatic rings. The van der Waals surface area contributed by atoms with Crippen LogP contribution < -0.4 is 0 Å². The van der Waals surface area contributed by atoms with Crippen LogP contribution in [0.2, 0.25) is 0 Å². The van der Waals surface area contributed by atoms with Crippen molar-refractivity contribution in [3.8, 4) is 0 Å². The molecule has 0 saturated heterocycles. The molecule has 1 aromatic heterocycles. The van der Waals surface area contributed by atoms with E-state index in [-0.39, 0.29) is 18.8 Å². The Kier molecular flexibility index (Phi) is 2.75. The molecular formula is C9H10ClF2NS. The Morgan fingerprint density at radius 1 is 1.64 bits per heavy atom. The number of halogens is 3. The summed E-state index contributed by atoms with van der Waals surface area (Å²) in [6, 6.07) is 0. The van der Waals surface area contributed by atoms with E-state index in [1.165, 1.54) is 11.3 Å². The van der Waals surface area contributed by atoms with Crippen molar-refractivity contribution in [2.45, 2.75) is 37.0 Å². The summed E-state index contributed by atoms with van der Waals surface area (Å²) in [5, 5.41) is 0.817. The third kappa shape index (κ3) is 2.06. The summed E-state index contributed by atoms with van der Waals surface area (Å²) in [7, 11) is 0. The molecule has 1 aliphatic carbocycles. The lowest BCUT2D eigenvalue weighted by atomic mass is 10.1. The Hall–Kier alpha value is -0.220. The highest BCUT2D eigenvalue weighted by Crippen LogP contribution is 2.45. The molecule has 0 radical (unpaired) electrons. The SMILES string of the molecule is FC1(F)CCC(c2ncc(CCl)s2)C1. The maximum Gasteiger partial charge on any atom is 0.248 e. The van der Waals surface area contributed by atoms with Crippen LogP contribution in [0.5, 0.6) is 0 Å². The minimum absolute atomic E-state index is 0.00649. The second kappa shape index (κ2) is 3.74. The lowest BCUT2D eigenvalue weighted by Gasteiger charge is -2.07. The van der Waals surface area contributed by atoms with Gasteiger partial charge in [-0.05, 0) is 6.42 Å². The Balaban J connectivity index is 2.09. The van der Waals surface area contributed by atoms with Crippen LogP contribution in [0.15, 0.2) is 6.20 Å². The summed E-state index contributed by atoms with van der Waals surface area (Å²) in [4.78, 5) is 5.09. The van der Waals surface area contributed by atoms with Gasteiger partial charge in [-0.1, -0.05) is 0 Å². The van der Waals surface area contributed by atoms with Crippen molar-refractivity contribution in [1.82, 2.24) is 4.98 Å². The highest BCUT2D eigenvalue weighted by molar-refractivity contribution is 7.11. The van der Waals surface area contributed by atoms with Crippen LogP contribution in [-0.4, -0.2) is 10.9 Å². The van der Waals surface area contributed by atoms with Gasteiger partial charge in [-0.2, -0.15) is 0 Å². The number of hydrogen-bond acceptors (Lipinski definition) is 2. The van der Waals surface area contributed by atoms with Crippen molar-refractivity contribution in [3.05, 3.63) is 16.1 Å². The maximum absolute atomic E-state index is 12.9. The van der Waals surface area contributed by atoms with Crippen LogP contribution in [0, 0.1) is 0 Å². The monoisotopic (exact) mass is 237 g/mol. The Bertz CT molecular complexity index is 326. The molecule has 14 heavy (non-hydrogen) atoms. The van der Waals surface area contributed by atoms with Crippen molar-refractivity contribution >= 4 is 22.9 Å². The van der Waals surface area contributed by atoms with Gasteiger partial charge in [0.25, 0.3) is 0 Å². The third-order valence-corrected chi connectivity index (χ3v) is 4.06. The fraction of sp³-hybridized carbons (Fsp3) is 0.667. The Morgan fingerprint density at radius 2 is 2.43 bits per heavy atom. The summed E-state index contributed by atoms with van der Waals surface area (Å²) < 4.78 is 25.8. The molecule has 1 heterocycles. The number of aromatic nitrogens is 1. The van der Waals surface area contributed by atoms with Gasteiger partial charge in [0.1, 0.15) is 0 Å². The lowest BCUT2D eigenvalue weighted by molar-refractivity contribution is 0.00776. The first-order chi connectivity index (χ1) is 6.61. The molecule has 1 fully saturated rings. The van der Waals surface area contributed by atoms with Crippen molar-refractivity contribution in [1.29, 1.82) is 0 Å². The average Bonchev–Trinajstić information content (AvgIpc) is 2.70. The van der Waals surface area contributed by atoms with E-state index in [9.17, 15) is 8.78 Å². The number of alkyl halides is 3. The Labute approximate surface area is 90.1 Å².